The highest BCUT2D eigenvalue weighted by molar-refractivity contribution is 6.04. The minimum absolute atomic E-state index is 0.0178. The zero-order valence-electron chi connectivity index (χ0n) is 19.2. The van der Waals surface area contributed by atoms with Crippen molar-refractivity contribution in [1.29, 1.82) is 0 Å². The van der Waals surface area contributed by atoms with Gasteiger partial charge in [0.15, 0.2) is 11.5 Å². The van der Waals surface area contributed by atoms with Crippen molar-refractivity contribution in [3.8, 4) is 0 Å². The number of ketones is 1. The third-order valence-electron chi connectivity index (χ3n) is 8.93. The maximum Gasteiger partial charge on any atom is 0.306 e. The van der Waals surface area contributed by atoms with Crippen molar-refractivity contribution in [2.45, 2.75) is 90.3 Å². The maximum atomic E-state index is 17.0. The van der Waals surface area contributed by atoms with E-state index in [-0.39, 0.29) is 30.6 Å². The van der Waals surface area contributed by atoms with E-state index in [2.05, 4.69) is 0 Å². The molecule has 0 spiro atoms. The van der Waals surface area contributed by atoms with Crippen molar-refractivity contribution < 1.29 is 32.6 Å². The number of alkyl halides is 2. The van der Waals surface area contributed by atoms with Crippen LogP contribution in [-0.2, 0) is 14.3 Å². The summed E-state index contributed by atoms with van der Waals surface area (Å²) in [4.78, 5) is 24.3. The molecule has 32 heavy (non-hydrogen) atoms. The molecule has 7 heteroatoms. The van der Waals surface area contributed by atoms with Gasteiger partial charge in [0, 0.05) is 28.7 Å². The number of fused-ring (bicyclic) bond motifs is 5. The van der Waals surface area contributed by atoms with Gasteiger partial charge in [-0.2, -0.15) is 0 Å². The predicted molar refractivity (Wildman–Crippen MR) is 113 cm³/mol. The van der Waals surface area contributed by atoms with E-state index in [1.807, 2.05) is 20.8 Å². The first-order valence-electron chi connectivity index (χ1n) is 11.8. The Morgan fingerprint density at radius 1 is 1.28 bits per heavy atom. The molecular formula is C25H33F3O4. The van der Waals surface area contributed by atoms with Gasteiger partial charge in [-0.25, -0.2) is 13.2 Å². The van der Waals surface area contributed by atoms with Gasteiger partial charge in [0.2, 0.25) is 5.78 Å². The number of carbonyl (C=O) groups is 2. The lowest BCUT2D eigenvalue weighted by molar-refractivity contribution is -0.212. The number of rotatable bonds is 4. The predicted octanol–water partition coefficient (Wildman–Crippen LogP) is 4.95. The Labute approximate surface area is 187 Å². The van der Waals surface area contributed by atoms with Gasteiger partial charge in [-0.3, -0.25) is 9.59 Å². The lowest BCUT2D eigenvalue weighted by Crippen LogP contribution is -2.68. The second-order valence-corrected chi connectivity index (χ2v) is 10.8. The van der Waals surface area contributed by atoms with E-state index in [1.165, 1.54) is 13.0 Å². The largest absolute Gasteiger partial charge is 0.461 e. The molecule has 1 N–H and O–H groups in total. The lowest BCUT2D eigenvalue weighted by atomic mass is 9.45. The van der Waals surface area contributed by atoms with Crippen LogP contribution in [0.15, 0.2) is 23.6 Å². The first-order chi connectivity index (χ1) is 14.9. The van der Waals surface area contributed by atoms with Crippen LogP contribution in [0.25, 0.3) is 0 Å². The number of allylic oxidation sites excluding steroid dienone is 4. The number of aliphatic hydroxyl groups excluding tert-OH is 1. The standard InChI is InChI=1S/C25H33F3O4/c1-5-6-7-19(31)32-22-13(2)10-14-15-11-16(26)20-21(27)17(29)8-9-24(20,4)25(15,28)18(30)12-23(14,22)3/h8-9,13-16,18,22,30H,5-7,10-12H2,1-4H3/t13-,14+,15+,16+,18+,22-,23+,24+,25+/m1/s1. The second-order valence-electron chi connectivity index (χ2n) is 10.8. The highest BCUT2D eigenvalue weighted by Gasteiger charge is 2.73. The summed E-state index contributed by atoms with van der Waals surface area (Å²) >= 11 is 0. The fraction of sp³-hybridized carbons (Fsp3) is 0.760. The molecule has 0 amide bonds. The minimum Gasteiger partial charge on any atom is -0.461 e. The number of carbonyl (C=O) groups excluding carboxylic acids is 2. The summed E-state index contributed by atoms with van der Waals surface area (Å²) in [5, 5.41) is 11.2. The van der Waals surface area contributed by atoms with Crippen molar-refractivity contribution in [2.75, 3.05) is 0 Å². The summed E-state index contributed by atoms with van der Waals surface area (Å²) < 4.78 is 52.9. The highest BCUT2D eigenvalue weighted by atomic mass is 19.2. The average Bonchev–Trinajstić information content (AvgIpc) is 2.96. The number of unbranched alkanes of at least 4 members (excludes halogenated alkanes) is 1. The van der Waals surface area contributed by atoms with Crippen LogP contribution in [0.3, 0.4) is 0 Å². The van der Waals surface area contributed by atoms with Gasteiger partial charge in [0.25, 0.3) is 0 Å². The van der Waals surface area contributed by atoms with E-state index >= 15 is 8.78 Å². The molecular weight excluding hydrogens is 421 g/mol. The summed E-state index contributed by atoms with van der Waals surface area (Å²) in [6.45, 7) is 7.20. The fourth-order valence-corrected chi connectivity index (χ4v) is 7.39. The van der Waals surface area contributed by atoms with Crippen molar-refractivity contribution in [3.63, 3.8) is 0 Å². The van der Waals surface area contributed by atoms with Crippen molar-refractivity contribution in [1.82, 2.24) is 0 Å². The van der Waals surface area contributed by atoms with Crippen LogP contribution >= 0.6 is 0 Å². The molecule has 4 aliphatic carbocycles. The van der Waals surface area contributed by atoms with Gasteiger partial charge in [-0.1, -0.05) is 33.3 Å². The molecule has 178 valence electrons. The lowest BCUT2D eigenvalue weighted by Gasteiger charge is -2.62. The molecule has 4 aliphatic rings. The monoisotopic (exact) mass is 454 g/mol. The number of hydrogen-bond donors (Lipinski definition) is 1. The normalized spacial score (nSPS) is 47.7. The molecule has 3 saturated carbocycles. The van der Waals surface area contributed by atoms with Crippen LogP contribution in [0.1, 0.15) is 66.2 Å². The zero-order chi connectivity index (χ0) is 23.6. The smallest absolute Gasteiger partial charge is 0.306 e. The van der Waals surface area contributed by atoms with Crippen LogP contribution in [0, 0.1) is 28.6 Å². The summed E-state index contributed by atoms with van der Waals surface area (Å²) in [5.74, 6) is -3.84. The summed E-state index contributed by atoms with van der Waals surface area (Å²) in [6.07, 6.45) is 0.456. The summed E-state index contributed by atoms with van der Waals surface area (Å²) in [7, 11) is 0. The van der Waals surface area contributed by atoms with E-state index in [0.29, 0.717) is 19.3 Å². The SMILES string of the molecule is CCCCC(=O)O[C@@H]1[C@H](C)C[C@H]2[C@@H]3C[C@H](F)C4=C(F)C(=O)C=C[C@]4(C)[C@@]3(F)[C@@H](O)C[C@]12C. The van der Waals surface area contributed by atoms with Crippen molar-refractivity contribution in [2.24, 2.45) is 28.6 Å². The molecule has 9 atom stereocenters. The molecule has 0 aromatic heterocycles. The highest BCUT2D eigenvalue weighted by Crippen LogP contribution is 2.69. The molecule has 0 aromatic carbocycles. The van der Waals surface area contributed by atoms with Crippen LogP contribution < -0.4 is 0 Å². The van der Waals surface area contributed by atoms with Gasteiger partial charge >= 0.3 is 5.97 Å². The quantitative estimate of drug-likeness (QED) is 0.611. The Morgan fingerprint density at radius 2 is 1.97 bits per heavy atom. The summed E-state index contributed by atoms with van der Waals surface area (Å²) in [6, 6.07) is 0. The Balaban J connectivity index is 1.73. The molecule has 4 nitrogen and oxygen atoms in total. The average molecular weight is 455 g/mol. The van der Waals surface area contributed by atoms with Gasteiger partial charge in [-0.15, -0.1) is 0 Å². The number of esters is 1. The minimum atomic E-state index is -2.33. The molecule has 3 fully saturated rings. The number of ether oxygens (including phenoxy) is 1. The number of aliphatic hydroxyl groups is 1. The molecule has 0 heterocycles. The van der Waals surface area contributed by atoms with E-state index < -0.39 is 58.0 Å². The third-order valence-corrected chi connectivity index (χ3v) is 8.93. The van der Waals surface area contributed by atoms with E-state index in [4.69, 9.17) is 4.74 Å². The summed E-state index contributed by atoms with van der Waals surface area (Å²) in [5.41, 5.74) is -5.29. The Hall–Kier alpha value is -1.63. The maximum absolute atomic E-state index is 17.0. The Bertz CT molecular complexity index is 884. The van der Waals surface area contributed by atoms with E-state index in [9.17, 15) is 19.1 Å². The molecule has 4 rings (SSSR count). The Morgan fingerprint density at radius 3 is 2.62 bits per heavy atom. The van der Waals surface area contributed by atoms with Crippen LogP contribution in [0.2, 0.25) is 0 Å². The fourth-order valence-electron chi connectivity index (χ4n) is 7.39. The zero-order valence-corrected chi connectivity index (χ0v) is 19.2. The topological polar surface area (TPSA) is 63.6 Å². The Kier molecular flexibility index (Phi) is 5.67. The molecule has 0 aromatic rings. The van der Waals surface area contributed by atoms with Crippen molar-refractivity contribution >= 4 is 11.8 Å². The van der Waals surface area contributed by atoms with Gasteiger partial charge in [-0.05, 0) is 50.5 Å². The number of hydrogen-bond acceptors (Lipinski definition) is 4. The molecule has 0 bridgehead atoms. The molecule has 0 aliphatic heterocycles. The first kappa shape index (κ1) is 23.5. The molecule has 0 unspecified atom stereocenters. The first-order valence-corrected chi connectivity index (χ1v) is 11.8. The van der Waals surface area contributed by atoms with Gasteiger partial charge < -0.3 is 9.84 Å². The number of halogens is 3. The third kappa shape index (κ3) is 2.99. The van der Waals surface area contributed by atoms with Gasteiger partial charge in [0.05, 0.1) is 6.10 Å². The van der Waals surface area contributed by atoms with E-state index in [1.54, 1.807) is 0 Å². The second kappa shape index (κ2) is 7.71. The molecule has 0 saturated heterocycles. The van der Waals surface area contributed by atoms with Crippen LogP contribution in [0.4, 0.5) is 13.2 Å². The molecule has 0 radical (unpaired) electrons. The van der Waals surface area contributed by atoms with Gasteiger partial charge in [0.1, 0.15) is 12.3 Å². The van der Waals surface area contributed by atoms with E-state index in [0.717, 1.165) is 12.5 Å². The van der Waals surface area contributed by atoms with Crippen molar-refractivity contribution in [3.05, 3.63) is 23.6 Å². The van der Waals surface area contributed by atoms with Crippen LogP contribution in [-0.4, -0.2) is 40.9 Å². The van der Waals surface area contributed by atoms with Crippen LogP contribution in [0.5, 0.6) is 0 Å².